The van der Waals surface area contributed by atoms with Crippen molar-refractivity contribution in [1.29, 1.82) is 0 Å². The molecule has 2 rings (SSSR count). The molecule has 1 heterocycles. The van der Waals surface area contributed by atoms with Crippen LogP contribution in [0.3, 0.4) is 0 Å². The maximum Gasteiger partial charge on any atom is 0.274 e. The van der Waals surface area contributed by atoms with Gasteiger partial charge in [0.1, 0.15) is 5.69 Å². The molecule has 0 unspecified atom stereocenters. The van der Waals surface area contributed by atoms with Gasteiger partial charge in [0.25, 0.3) is 5.91 Å². The summed E-state index contributed by atoms with van der Waals surface area (Å²) in [6, 6.07) is 0.344. The second-order valence-corrected chi connectivity index (χ2v) is 4.65. The van der Waals surface area contributed by atoms with E-state index in [9.17, 15) is 4.79 Å². The van der Waals surface area contributed by atoms with Crippen LogP contribution in [-0.4, -0.2) is 34.2 Å². The minimum absolute atomic E-state index is 0.0330. The first kappa shape index (κ1) is 12.0. The quantitative estimate of drug-likeness (QED) is 0.868. The average Bonchev–Trinajstić information content (AvgIpc) is 2.95. The molecule has 1 saturated carbocycles. The van der Waals surface area contributed by atoms with Gasteiger partial charge in [0, 0.05) is 13.6 Å². The fourth-order valence-electron chi connectivity index (χ4n) is 2.35. The van der Waals surface area contributed by atoms with Crippen LogP contribution in [0.5, 0.6) is 0 Å². The van der Waals surface area contributed by atoms with Gasteiger partial charge in [0.05, 0.1) is 17.9 Å². The molecular weight excluding hydrogens is 216 g/mol. The monoisotopic (exact) mass is 236 g/mol. The Hall–Kier alpha value is -1.52. The number of hydrogen-bond acceptors (Lipinski definition) is 3. The molecule has 5 nitrogen and oxygen atoms in total. The highest BCUT2D eigenvalue weighted by molar-refractivity contribution is 5.97. The van der Waals surface area contributed by atoms with E-state index >= 15 is 0 Å². The van der Waals surface area contributed by atoms with Gasteiger partial charge < -0.3 is 10.6 Å². The Morgan fingerprint density at radius 3 is 2.82 bits per heavy atom. The van der Waals surface area contributed by atoms with Crippen molar-refractivity contribution in [2.75, 3.05) is 19.3 Å². The highest BCUT2D eigenvalue weighted by Gasteiger charge is 2.26. The maximum absolute atomic E-state index is 12.2. The van der Waals surface area contributed by atoms with Gasteiger partial charge in [-0.2, -0.15) is 5.10 Å². The van der Waals surface area contributed by atoms with Crippen LogP contribution in [0.1, 0.15) is 49.1 Å². The molecule has 0 aromatic carbocycles. The van der Waals surface area contributed by atoms with Crippen LogP contribution in [0.25, 0.3) is 0 Å². The summed E-state index contributed by atoms with van der Waals surface area (Å²) in [6.45, 7) is 2.62. The summed E-state index contributed by atoms with van der Waals surface area (Å²) in [4.78, 5) is 13.9. The van der Waals surface area contributed by atoms with Crippen LogP contribution in [0.15, 0.2) is 6.20 Å². The van der Waals surface area contributed by atoms with Crippen molar-refractivity contribution >= 4 is 11.6 Å². The van der Waals surface area contributed by atoms with E-state index in [2.05, 4.69) is 5.10 Å². The zero-order chi connectivity index (χ0) is 12.4. The van der Waals surface area contributed by atoms with Crippen molar-refractivity contribution in [2.45, 2.75) is 38.6 Å². The molecule has 0 saturated heterocycles. The van der Waals surface area contributed by atoms with E-state index in [0.717, 1.165) is 12.8 Å². The molecule has 1 aliphatic carbocycles. The van der Waals surface area contributed by atoms with Crippen molar-refractivity contribution < 1.29 is 4.79 Å². The summed E-state index contributed by atoms with van der Waals surface area (Å²) in [7, 11) is 1.79. The van der Waals surface area contributed by atoms with Gasteiger partial charge in [-0.05, 0) is 19.8 Å². The van der Waals surface area contributed by atoms with Crippen molar-refractivity contribution in [2.24, 2.45) is 0 Å². The number of nitrogen functional groups attached to an aromatic ring is 1. The number of nitrogens with zero attached hydrogens (tertiary/aromatic N) is 3. The molecule has 1 fully saturated rings. The summed E-state index contributed by atoms with van der Waals surface area (Å²) in [5.74, 6) is -0.0330. The molecule has 0 aliphatic heterocycles. The molecule has 1 aliphatic rings. The van der Waals surface area contributed by atoms with Crippen molar-refractivity contribution in [3.63, 3.8) is 0 Å². The van der Waals surface area contributed by atoms with Crippen LogP contribution in [0, 0.1) is 0 Å². The largest absolute Gasteiger partial charge is 0.396 e. The minimum Gasteiger partial charge on any atom is -0.396 e. The number of hydrogen-bond donors (Lipinski definition) is 1. The van der Waals surface area contributed by atoms with Crippen molar-refractivity contribution in [3.8, 4) is 0 Å². The smallest absolute Gasteiger partial charge is 0.274 e. The number of amides is 1. The van der Waals surface area contributed by atoms with Gasteiger partial charge in [0.15, 0.2) is 0 Å². The Morgan fingerprint density at radius 2 is 2.24 bits per heavy atom. The lowest BCUT2D eigenvalue weighted by molar-refractivity contribution is 0.0788. The third-order valence-corrected chi connectivity index (χ3v) is 3.52. The minimum atomic E-state index is -0.0330. The van der Waals surface area contributed by atoms with Gasteiger partial charge in [-0.25, -0.2) is 0 Å². The van der Waals surface area contributed by atoms with E-state index < -0.39 is 0 Å². The highest BCUT2D eigenvalue weighted by Crippen LogP contribution is 2.31. The van der Waals surface area contributed by atoms with E-state index in [4.69, 9.17) is 5.73 Å². The topological polar surface area (TPSA) is 64.2 Å². The zero-order valence-corrected chi connectivity index (χ0v) is 10.5. The normalized spacial score (nSPS) is 16.4. The molecule has 1 aromatic heterocycles. The van der Waals surface area contributed by atoms with Crippen LogP contribution in [0.4, 0.5) is 5.69 Å². The Balaban J connectivity index is 2.31. The van der Waals surface area contributed by atoms with Gasteiger partial charge in [-0.15, -0.1) is 0 Å². The number of carbonyl (C=O) groups is 1. The third-order valence-electron chi connectivity index (χ3n) is 3.52. The zero-order valence-electron chi connectivity index (χ0n) is 10.5. The van der Waals surface area contributed by atoms with Crippen molar-refractivity contribution in [1.82, 2.24) is 14.7 Å². The molecule has 94 valence electrons. The SMILES string of the molecule is CCN(C)C(=O)c1c(N)cnn1C1CCCC1. The highest BCUT2D eigenvalue weighted by atomic mass is 16.2. The van der Waals surface area contributed by atoms with E-state index in [0.29, 0.717) is 24.0 Å². The van der Waals surface area contributed by atoms with Crippen molar-refractivity contribution in [3.05, 3.63) is 11.9 Å². The van der Waals surface area contributed by atoms with Gasteiger partial charge >= 0.3 is 0 Å². The molecular formula is C12H20N4O. The molecule has 1 amide bonds. The van der Waals surface area contributed by atoms with E-state index in [-0.39, 0.29) is 5.91 Å². The summed E-state index contributed by atoms with van der Waals surface area (Å²) < 4.78 is 1.83. The molecule has 0 atom stereocenters. The standard InChI is InChI=1S/C12H20N4O/c1-3-15(2)12(17)11-10(13)8-14-16(11)9-6-4-5-7-9/h8-9H,3-7,13H2,1-2H3. The fourth-order valence-corrected chi connectivity index (χ4v) is 2.35. The van der Waals surface area contributed by atoms with Crippen LogP contribution < -0.4 is 5.73 Å². The van der Waals surface area contributed by atoms with E-state index in [1.165, 1.54) is 12.8 Å². The molecule has 5 heteroatoms. The third kappa shape index (κ3) is 2.14. The summed E-state index contributed by atoms with van der Waals surface area (Å²) in [5.41, 5.74) is 6.92. The van der Waals surface area contributed by atoms with Gasteiger partial charge in [0.2, 0.25) is 0 Å². The lowest BCUT2D eigenvalue weighted by atomic mass is 10.2. The first-order chi connectivity index (χ1) is 8.15. The first-order valence-corrected chi connectivity index (χ1v) is 6.23. The van der Waals surface area contributed by atoms with Crippen LogP contribution in [-0.2, 0) is 0 Å². The molecule has 0 bridgehead atoms. The summed E-state index contributed by atoms with van der Waals surface area (Å²) >= 11 is 0. The molecule has 2 N–H and O–H groups in total. The second-order valence-electron chi connectivity index (χ2n) is 4.65. The number of anilines is 1. The maximum atomic E-state index is 12.2. The Labute approximate surface area is 102 Å². The Morgan fingerprint density at radius 1 is 1.59 bits per heavy atom. The van der Waals surface area contributed by atoms with Crippen LogP contribution in [0.2, 0.25) is 0 Å². The van der Waals surface area contributed by atoms with Gasteiger partial charge in [-0.1, -0.05) is 12.8 Å². The Kier molecular flexibility index (Phi) is 3.36. The first-order valence-electron chi connectivity index (χ1n) is 6.23. The summed E-state index contributed by atoms with van der Waals surface area (Å²) in [5, 5.41) is 4.28. The number of nitrogens with two attached hydrogens (primary N) is 1. The average molecular weight is 236 g/mol. The summed E-state index contributed by atoms with van der Waals surface area (Å²) in [6.07, 6.45) is 6.20. The predicted octanol–water partition coefficient (Wildman–Crippen LogP) is 1.67. The number of carbonyl (C=O) groups excluding carboxylic acids is 1. The van der Waals surface area contributed by atoms with Crippen LogP contribution >= 0.6 is 0 Å². The second kappa shape index (κ2) is 4.77. The predicted molar refractivity (Wildman–Crippen MR) is 66.8 cm³/mol. The lowest BCUT2D eigenvalue weighted by Crippen LogP contribution is -2.30. The molecule has 0 radical (unpaired) electrons. The Bertz CT molecular complexity index is 407. The number of rotatable bonds is 3. The van der Waals surface area contributed by atoms with E-state index in [1.54, 1.807) is 18.1 Å². The molecule has 17 heavy (non-hydrogen) atoms. The number of aromatic nitrogens is 2. The fraction of sp³-hybridized carbons (Fsp3) is 0.667. The molecule has 1 aromatic rings. The van der Waals surface area contributed by atoms with E-state index in [1.807, 2.05) is 11.6 Å². The molecule has 0 spiro atoms. The lowest BCUT2D eigenvalue weighted by Gasteiger charge is -2.18. The van der Waals surface area contributed by atoms with Gasteiger partial charge in [-0.3, -0.25) is 9.48 Å².